The smallest absolute Gasteiger partial charge is 0.313 e. The molecule has 0 unspecified atom stereocenters. The van der Waals surface area contributed by atoms with Crippen molar-refractivity contribution in [3.63, 3.8) is 0 Å². The Bertz CT molecular complexity index is 767. The van der Waals surface area contributed by atoms with Crippen LogP contribution >= 0.6 is 0 Å². The van der Waals surface area contributed by atoms with Crippen LogP contribution in [0.2, 0.25) is 0 Å². The minimum Gasteiger partial charge on any atom is -0.328 e. The fraction of sp³-hybridized carbons (Fsp3) is 0.364. The normalized spacial score (nSPS) is 10.9. The summed E-state index contributed by atoms with van der Waals surface area (Å²) >= 11 is 0. The summed E-state index contributed by atoms with van der Waals surface area (Å²) in [6.07, 6.45) is 0. The molecule has 2 rings (SSSR count). The van der Waals surface area contributed by atoms with Gasteiger partial charge >= 0.3 is 11.8 Å². The molecule has 0 saturated heterocycles. The molecule has 2 aromatic rings. The summed E-state index contributed by atoms with van der Waals surface area (Å²) in [5.41, 5.74) is 3.73. The number of amides is 2. The number of hydrogen-bond acceptors (Lipinski definition) is 2. The molecule has 1 N–H and O–H groups in total. The van der Waals surface area contributed by atoms with E-state index in [-0.39, 0.29) is 12.0 Å². The predicted octanol–water partition coefficient (Wildman–Crippen LogP) is 4.49. The Balaban J connectivity index is 2.21. The molecule has 0 heterocycles. The molecule has 2 aromatic carbocycles. The van der Waals surface area contributed by atoms with Gasteiger partial charge in [-0.3, -0.25) is 9.59 Å². The van der Waals surface area contributed by atoms with Crippen LogP contribution in [0.15, 0.2) is 48.5 Å². The van der Waals surface area contributed by atoms with Crippen molar-refractivity contribution in [2.45, 2.75) is 53.1 Å². The van der Waals surface area contributed by atoms with Gasteiger partial charge in [0.25, 0.3) is 0 Å². The highest BCUT2D eigenvalue weighted by atomic mass is 16.2. The second kappa shape index (κ2) is 8.65. The van der Waals surface area contributed by atoms with E-state index in [9.17, 15) is 9.59 Å². The third-order valence-electron chi connectivity index (χ3n) is 4.44. The number of aryl methyl sites for hydroxylation is 1. The third kappa shape index (κ3) is 4.72. The maximum absolute atomic E-state index is 12.8. The Morgan fingerprint density at radius 3 is 2.19 bits per heavy atom. The fourth-order valence-corrected chi connectivity index (χ4v) is 2.91. The highest BCUT2D eigenvalue weighted by molar-refractivity contribution is 6.39. The number of benzene rings is 2. The molecular formula is C22H28N2O2. The zero-order valence-corrected chi connectivity index (χ0v) is 16.2. The lowest BCUT2D eigenvalue weighted by molar-refractivity contribution is -0.144. The first-order valence-corrected chi connectivity index (χ1v) is 9.06. The topological polar surface area (TPSA) is 49.4 Å². The van der Waals surface area contributed by atoms with Crippen molar-refractivity contribution in [3.05, 3.63) is 65.2 Å². The van der Waals surface area contributed by atoms with E-state index >= 15 is 0 Å². The summed E-state index contributed by atoms with van der Waals surface area (Å²) in [5, 5.41) is 2.85. The molecular weight excluding hydrogens is 324 g/mol. The first-order valence-electron chi connectivity index (χ1n) is 9.06. The number of hydrogen-bond donors (Lipinski definition) is 1. The average molecular weight is 352 g/mol. The van der Waals surface area contributed by atoms with Gasteiger partial charge in [0.2, 0.25) is 0 Å². The van der Waals surface area contributed by atoms with Gasteiger partial charge in [0.15, 0.2) is 0 Å². The molecule has 4 heteroatoms. The van der Waals surface area contributed by atoms with Gasteiger partial charge in [0.05, 0.1) is 0 Å². The van der Waals surface area contributed by atoms with Crippen molar-refractivity contribution in [3.8, 4) is 0 Å². The van der Waals surface area contributed by atoms with Crippen LogP contribution in [0.4, 0.5) is 5.69 Å². The largest absolute Gasteiger partial charge is 0.328 e. The van der Waals surface area contributed by atoms with Gasteiger partial charge in [-0.05, 0) is 43.4 Å². The van der Waals surface area contributed by atoms with Crippen LogP contribution in [0, 0.1) is 6.92 Å². The van der Waals surface area contributed by atoms with Crippen molar-refractivity contribution in [2.75, 3.05) is 5.32 Å². The standard InChI is InChI=1S/C22H28N2O2/c1-15(2)19-13-9-10-17(5)20(19)23-21(25)22(26)24(16(3)4)14-18-11-7-6-8-12-18/h6-13,15-16H,14H2,1-5H3,(H,23,25). The molecule has 0 fully saturated rings. The Morgan fingerprint density at radius 2 is 1.62 bits per heavy atom. The number of nitrogens with zero attached hydrogens (tertiary/aromatic N) is 1. The lowest BCUT2D eigenvalue weighted by Crippen LogP contribution is -2.43. The first kappa shape index (κ1) is 19.7. The quantitative estimate of drug-likeness (QED) is 0.806. The van der Waals surface area contributed by atoms with Gasteiger partial charge in [-0.25, -0.2) is 0 Å². The molecule has 26 heavy (non-hydrogen) atoms. The Labute approximate surface area is 156 Å². The van der Waals surface area contributed by atoms with E-state index in [1.165, 1.54) is 0 Å². The molecule has 4 nitrogen and oxygen atoms in total. The number of rotatable bonds is 5. The van der Waals surface area contributed by atoms with Gasteiger partial charge in [-0.1, -0.05) is 62.4 Å². The second-order valence-electron chi connectivity index (χ2n) is 7.16. The van der Waals surface area contributed by atoms with Gasteiger partial charge in [0, 0.05) is 18.3 Å². The summed E-state index contributed by atoms with van der Waals surface area (Å²) in [4.78, 5) is 27.1. The Kier molecular flexibility index (Phi) is 6.56. The summed E-state index contributed by atoms with van der Waals surface area (Å²) in [6, 6.07) is 15.5. The van der Waals surface area contributed by atoms with Crippen molar-refractivity contribution in [1.29, 1.82) is 0 Å². The molecule has 138 valence electrons. The minimum absolute atomic E-state index is 0.0742. The van der Waals surface area contributed by atoms with Crippen molar-refractivity contribution >= 4 is 17.5 Å². The lowest BCUT2D eigenvalue weighted by Gasteiger charge is -2.26. The molecule has 0 aromatic heterocycles. The summed E-state index contributed by atoms with van der Waals surface area (Å²) in [6.45, 7) is 10.3. The van der Waals surface area contributed by atoms with Crippen LogP contribution < -0.4 is 5.32 Å². The Morgan fingerprint density at radius 1 is 0.962 bits per heavy atom. The highest BCUT2D eigenvalue weighted by Gasteiger charge is 2.25. The molecule has 2 amide bonds. The number of para-hydroxylation sites is 1. The van der Waals surface area contributed by atoms with E-state index in [1.807, 2.05) is 69.3 Å². The predicted molar refractivity (Wildman–Crippen MR) is 106 cm³/mol. The monoisotopic (exact) mass is 352 g/mol. The van der Waals surface area contributed by atoms with Crippen LogP contribution in [0.3, 0.4) is 0 Å². The zero-order chi connectivity index (χ0) is 19.3. The molecule has 0 radical (unpaired) electrons. The van der Waals surface area contributed by atoms with Crippen LogP contribution in [-0.4, -0.2) is 22.8 Å². The molecule has 0 aliphatic carbocycles. The van der Waals surface area contributed by atoms with Crippen molar-refractivity contribution < 1.29 is 9.59 Å². The maximum atomic E-state index is 12.8. The lowest BCUT2D eigenvalue weighted by atomic mass is 9.98. The van der Waals surface area contributed by atoms with Gasteiger partial charge in [-0.2, -0.15) is 0 Å². The van der Waals surface area contributed by atoms with E-state index in [2.05, 4.69) is 19.2 Å². The van der Waals surface area contributed by atoms with Gasteiger partial charge in [0.1, 0.15) is 0 Å². The number of carbonyl (C=O) groups is 2. The van der Waals surface area contributed by atoms with Gasteiger partial charge < -0.3 is 10.2 Å². The Hall–Kier alpha value is -2.62. The molecule has 0 bridgehead atoms. The molecule has 0 saturated carbocycles. The molecule has 0 spiro atoms. The van der Waals surface area contributed by atoms with E-state index in [4.69, 9.17) is 0 Å². The zero-order valence-electron chi connectivity index (χ0n) is 16.2. The highest BCUT2D eigenvalue weighted by Crippen LogP contribution is 2.27. The van der Waals surface area contributed by atoms with Crippen molar-refractivity contribution in [2.24, 2.45) is 0 Å². The van der Waals surface area contributed by atoms with E-state index in [1.54, 1.807) is 4.90 Å². The molecule has 0 aliphatic heterocycles. The van der Waals surface area contributed by atoms with Crippen molar-refractivity contribution in [1.82, 2.24) is 4.90 Å². The average Bonchev–Trinajstić information content (AvgIpc) is 2.61. The fourth-order valence-electron chi connectivity index (χ4n) is 2.91. The SMILES string of the molecule is Cc1cccc(C(C)C)c1NC(=O)C(=O)N(Cc1ccccc1)C(C)C. The second-order valence-corrected chi connectivity index (χ2v) is 7.16. The number of carbonyl (C=O) groups excluding carboxylic acids is 2. The van der Waals surface area contributed by atoms with Crippen LogP contribution in [0.1, 0.15) is 50.3 Å². The van der Waals surface area contributed by atoms with Crippen LogP contribution in [0.5, 0.6) is 0 Å². The third-order valence-corrected chi connectivity index (χ3v) is 4.44. The van der Waals surface area contributed by atoms with Crippen LogP contribution in [-0.2, 0) is 16.1 Å². The number of nitrogens with one attached hydrogen (secondary N) is 1. The summed E-state index contributed by atoms with van der Waals surface area (Å²) in [5.74, 6) is -0.849. The van der Waals surface area contributed by atoms with E-state index in [0.29, 0.717) is 6.54 Å². The maximum Gasteiger partial charge on any atom is 0.313 e. The summed E-state index contributed by atoms with van der Waals surface area (Å²) < 4.78 is 0. The summed E-state index contributed by atoms with van der Waals surface area (Å²) in [7, 11) is 0. The first-order chi connectivity index (χ1) is 12.3. The van der Waals surface area contributed by atoms with E-state index < -0.39 is 11.8 Å². The van der Waals surface area contributed by atoms with Gasteiger partial charge in [-0.15, -0.1) is 0 Å². The van der Waals surface area contributed by atoms with E-state index in [0.717, 1.165) is 22.4 Å². The molecule has 0 atom stereocenters. The number of anilines is 1. The van der Waals surface area contributed by atoms with Crippen LogP contribution in [0.25, 0.3) is 0 Å². The minimum atomic E-state index is -0.592. The molecule has 0 aliphatic rings.